The summed E-state index contributed by atoms with van der Waals surface area (Å²) in [4.78, 5) is 2.02. The SMILES string of the molecule is CCN(C)c1ccc(NCCCC2CCCO2)c(F)c1. The zero-order chi connectivity index (χ0) is 14.4. The highest BCUT2D eigenvalue weighted by molar-refractivity contribution is 5.55. The molecule has 1 aromatic rings. The molecule has 0 aliphatic carbocycles. The maximum absolute atomic E-state index is 14.0. The third-order valence-electron chi connectivity index (χ3n) is 3.91. The Bertz CT molecular complexity index is 419. The largest absolute Gasteiger partial charge is 0.383 e. The predicted octanol–water partition coefficient (Wildman–Crippen LogP) is 3.65. The van der Waals surface area contributed by atoms with E-state index in [1.54, 1.807) is 6.07 Å². The molecule has 2 rings (SSSR count). The van der Waals surface area contributed by atoms with Crippen molar-refractivity contribution >= 4 is 11.4 Å². The van der Waals surface area contributed by atoms with Gasteiger partial charge < -0.3 is 15.0 Å². The summed E-state index contributed by atoms with van der Waals surface area (Å²) in [6.07, 6.45) is 4.85. The van der Waals surface area contributed by atoms with Crippen LogP contribution in [-0.4, -0.2) is 32.8 Å². The fraction of sp³-hybridized carbons (Fsp3) is 0.625. The summed E-state index contributed by atoms with van der Waals surface area (Å²) in [5.74, 6) is -0.181. The van der Waals surface area contributed by atoms with E-state index in [2.05, 4.69) is 12.2 Å². The van der Waals surface area contributed by atoms with Gasteiger partial charge in [0.1, 0.15) is 5.82 Å². The minimum Gasteiger partial charge on any atom is -0.383 e. The third kappa shape index (κ3) is 4.10. The lowest BCUT2D eigenvalue weighted by Gasteiger charge is -2.18. The molecule has 0 aromatic heterocycles. The van der Waals surface area contributed by atoms with Crippen LogP contribution in [0.25, 0.3) is 0 Å². The van der Waals surface area contributed by atoms with Gasteiger partial charge in [-0.1, -0.05) is 0 Å². The van der Waals surface area contributed by atoms with Gasteiger partial charge in [-0.25, -0.2) is 4.39 Å². The topological polar surface area (TPSA) is 24.5 Å². The molecule has 20 heavy (non-hydrogen) atoms. The van der Waals surface area contributed by atoms with Crippen LogP contribution < -0.4 is 10.2 Å². The third-order valence-corrected chi connectivity index (χ3v) is 3.91. The van der Waals surface area contributed by atoms with E-state index in [1.807, 2.05) is 24.1 Å². The summed E-state index contributed by atoms with van der Waals surface area (Å²) in [7, 11) is 1.96. The van der Waals surface area contributed by atoms with Gasteiger partial charge in [0.2, 0.25) is 0 Å². The van der Waals surface area contributed by atoms with E-state index in [1.165, 1.54) is 12.8 Å². The molecule has 0 radical (unpaired) electrons. The Morgan fingerprint density at radius 2 is 2.30 bits per heavy atom. The van der Waals surface area contributed by atoms with Crippen LogP contribution in [0.5, 0.6) is 0 Å². The Labute approximate surface area is 121 Å². The number of ether oxygens (including phenoxy) is 1. The van der Waals surface area contributed by atoms with Crippen molar-refractivity contribution in [2.45, 2.75) is 38.7 Å². The maximum Gasteiger partial charge on any atom is 0.148 e. The average Bonchev–Trinajstić information content (AvgIpc) is 2.97. The molecule has 0 spiro atoms. The van der Waals surface area contributed by atoms with Crippen molar-refractivity contribution in [1.29, 1.82) is 0 Å². The van der Waals surface area contributed by atoms with Gasteiger partial charge in [-0.05, 0) is 50.8 Å². The molecule has 0 saturated carbocycles. The first-order chi connectivity index (χ1) is 9.70. The molecule has 1 N–H and O–H groups in total. The van der Waals surface area contributed by atoms with Crippen molar-refractivity contribution in [1.82, 2.24) is 0 Å². The minimum absolute atomic E-state index is 0.181. The Morgan fingerprint density at radius 1 is 1.45 bits per heavy atom. The minimum atomic E-state index is -0.181. The number of anilines is 2. The number of hydrogen-bond donors (Lipinski definition) is 1. The van der Waals surface area contributed by atoms with Crippen LogP contribution in [0.3, 0.4) is 0 Å². The van der Waals surface area contributed by atoms with E-state index >= 15 is 0 Å². The van der Waals surface area contributed by atoms with Gasteiger partial charge in [-0.3, -0.25) is 0 Å². The standard InChI is InChI=1S/C16H25FN2O/c1-3-19(2)13-8-9-16(15(17)12-13)18-10-4-6-14-7-5-11-20-14/h8-9,12,14,18H,3-7,10-11H2,1-2H3. The maximum atomic E-state index is 14.0. The zero-order valence-corrected chi connectivity index (χ0v) is 12.5. The average molecular weight is 280 g/mol. The molecule has 112 valence electrons. The van der Waals surface area contributed by atoms with Crippen LogP contribution in [0.15, 0.2) is 18.2 Å². The normalized spacial score (nSPS) is 18.2. The summed E-state index contributed by atoms with van der Waals surface area (Å²) in [5.41, 5.74) is 1.50. The van der Waals surface area contributed by atoms with Crippen LogP contribution in [0.1, 0.15) is 32.6 Å². The molecule has 1 aliphatic heterocycles. The van der Waals surface area contributed by atoms with Gasteiger partial charge in [0, 0.05) is 32.4 Å². The number of rotatable bonds is 7. The molecular weight excluding hydrogens is 255 g/mol. The Hall–Kier alpha value is -1.29. The Balaban J connectivity index is 1.77. The lowest BCUT2D eigenvalue weighted by molar-refractivity contribution is 0.103. The van der Waals surface area contributed by atoms with Crippen molar-refractivity contribution in [2.75, 3.05) is 37.0 Å². The highest BCUT2D eigenvalue weighted by atomic mass is 19.1. The van der Waals surface area contributed by atoms with E-state index in [0.717, 1.165) is 38.2 Å². The first kappa shape index (κ1) is 15.1. The van der Waals surface area contributed by atoms with E-state index in [-0.39, 0.29) is 5.82 Å². The van der Waals surface area contributed by atoms with E-state index in [4.69, 9.17) is 4.74 Å². The lowest BCUT2D eigenvalue weighted by atomic mass is 10.1. The summed E-state index contributed by atoms with van der Waals surface area (Å²) in [6.45, 7) is 4.61. The van der Waals surface area contributed by atoms with Gasteiger partial charge in [0.15, 0.2) is 0 Å². The van der Waals surface area contributed by atoms with E-state index < -0.39 is 0 Å². The second kappa shape index (κ2) is 7.48. The van der Waals surface area contributed by atoms with Gasteiger partial charge in [0.25, 0.3) is 0 Å². The highest BCUT2D eigenvalue weighted by Gasteiger charge is 2.14. The van der Waals surface area contributed by atoms with E-state index in [0.29, 0.717) is 11.8 Å². The second-order valence-corrected chi connectivity index (χ2v) is 5.38. The second-order valence-electron chi connectivity index (χ2n) is 5.38. The van der Waals surface area contributed by atoms with Crippen molar-refractivity contribution < 1.29 is 9.13 Å². The predicted molar refractivity (Wildman–Crippen MR) is 82.0 cm³/mol. The van der Waals surface area contributed by atoms with Crippen LogP contribution in [0.4, 0.5) is 15.8 Å². The van der Waals surface area contributed by atoms with E-state index in [9.17, 15) is 4.39 Å². The summed E-state index contributed by atoms with van der Waals surface area (Å²) in [6, 6.07) is 5.36. The van der Waals surface area contributed by atoms with Crippen LogP contribution >= 0.6 is 0 Å². The monoisotopic (exact) mass is 280 g/mol. The summed E-state index contributed by atoms with van der Waals surface area (Å²) >= 11 is 0. The molecule has 0 amide bonds. The summed E-state index contributed by atoms with van der Waals surface area (Å²) in [5, 5.41) is 3.17. The number of halogens is 1. The molecule has 1 fully saturated rings. The fourth-order valence-electron chi connectivity index (χ4n) is 2.49. The van der Waals surface area contributed by atoms with Gasteiger partial charge in [0.05, 0.1) is 11.8 Å². The molecule has 1 atom stereocenters. The first-order valence-corrected chi connectivity index (χ1v) is 7.57. The van der Waals surface area contributed by atoms with Crippen molar-refractivity contribution in [3.63, 3.8) is 0 Å². The van der Waals surface area contributed by atoms with Crippen molar-refractivity contribution in [3.8, 4) is 0 Å². The molecule has 1 aromatic carbocycles. The molecule has 3 nitrogen and oxygen atoms in total. The van der Waals surface area contributed by atoms with Gasteiger partial charge in [-0.15, -0.1) is 0 Å². The molecule has 1 unspecified atom stereocenters. The van der Waals surface area contributed by atoms with Crippen LogP contribution in [-0.2, 0) is 4.74 Å². The Kier molecular flexibility index (Phi) is 5.65. The fourth-order valence-corrected chi connectivity index (χ4v) is 2.49. The highest BCUT2D eigenvalue weighted by Crippen LogP contribution is 2.22. The lowest BCUT2D eigenvalue weighted by Crippen LogP contribution is -2.16. The molecule has 1 heterocycles. The van der Waals surface area contributed by atoms with Crippen molar-refractivity contribution in [2.24, 2.45) is 0 Å². The molecule has 1 aliphatic rings. The molecular formula is C16H25FN2O. The van der Waals surface area contributed by atoms with Gasteiger partial charge >= 0.3 is 0 Å². The number of benzene rings is 1. The van der Waals surface area contributed by atoms with Crippen LogP contribution in [0, 0.1) is 5.82 Å². The van der Waals surface area contributed by atoms with Gasteiger partial charge in [-0.2, -0.15) is 0 Å². The van der Waals surface area contributed by atoms with Crippen molar-refractivity contribution in [3.05, 3.63) is 24.0 Å². The summed E-state index contributed by atoms with van der Waals surface area (Å²) < 4.78 is 19.5. The first-order valence-electron chi connectivity index (χ1n) is 7.57. The number of hydrogen-bond acceptors (Lipinski definition) is 3. The van der Waals surface area contributed by atoms with Crippen LogP contribution in [0.2, 0.25) is 0 Å². The molecule has 4 heteroatoms. The smallest absolute Gasteiger partial charge is 0.148 e. The molecule has 1 saturated heterocycles. The molecule has 0 bridgehead atoms. The number of nitrogens with one attached hydrogen (secondary N) is 1. The Morgan fingerprint density at radius 3 is 2.95 bits per heavy atom. The quantitative estimate of drug-likeness (QED) is 0.772. The zero-order valence-electron chi connectivity index (χ0n) is 12.5. The number of nitrogens with zero attached hydrogens (tertiary/aromatic N) is 1.